The van der Waals surface area contributed by atoms with Crippen molar-refractivity contribution in [3.63, 3.8) is 0 Å². The third kappa shape index (κ3) is 3.44. The topological polar surface area (TPSA) is 64.7 Å². The van der Waals surface area contributed by atoms with Gasteiger partial charge in [0.1, 0.15) is 5.56 Å². The molecule has 6 heteroatoms. The van der Waals surface area contributed by atoms with Crippen LogP contribution in [0.15, 0.2) is 73.2 Å². The molecule has 0 aliphatic carbocycles. The van der Waals surface area contributed by atoms with Crippen molar-refractivity contribution in [3.8, 4) is 11.5 Å². The highest BCUT2D eigenvalue weighted by Gasteiger charge is 2.23. The molecule has 0 aliphatic rings. The van der Waals surface area contributed by atoms with Crippen molar-refractivity contribution in [1.82, 2.24) is 24.6 Å². The van der Waals surface area contributed by atoms with Crippen molar-refractivity contribution in [1.29, 1.82) is 0 Å². The molecule has 4 aromatic rings. The molecule has 1 aromatic carbocycles. The number of aromatic nitrogens is 4. The number of rotatable bonds is 5. The quantitative estimate of drug-likeness (QED) is 0.583. The summed E-state index contributed by atoms with van der Waals surface area (Å²) in [6.45, 7) is 4.26. The summed E-state index contributed by atoms with van der Waals surface area (Å²) in [4.78, 5) is 17.3. The molecule has 0 fully saturated rings. The molecule has 0 aliphatic heterocycles. The van der Waals surface area contributed by atoms with Crippen molar-refractivity contribution in [2.45, 2.75) is 20.4 Å². The molecule has 140 valence electrons. The first-order valence-corrected chi connectivity index (χ1v) is 9.11. The van der Waals surface area contributed by atoms with Gasteiger partial charge in [-0.05, 0) is 50.2 Å². The summed E-state index contributed by atoms with van der Waals surface area (Å²) in [7, 11) is 0. The molecule has 0 unspecified atom stereocenters. The lowest BCUT2D eigenvalue weighted by Crippen LogP contribution is -2.25. The Hall–Kier alpha value is -3.67. The maximum atomic E-state index is 13.0. The van der Waals surface area contributed by atoms with Crippen LogP contribution in [0.4, 0.5) is 0 Å². The van der Waals surface area contributed by atoms with Gasteiger partial charge >= 0.3 is 0 Å². The standard InChI is InChI=1S/C22H21N5O/c1-16-8-10-19(11-9-16)27-22(26-13-5-6-14-26)20(17(2)25-27)21(28)24-15-18-7-3-4-12-23-18/h3-14H,15H2,1-2H3,(H,24,28). The summed E-state index contributed by atoms with van der Waals surface area (Å²) in [5.74, 6) is 0.537. The predicted molar refractivity (Wildman–Crippen MR) is 108 cm³/mol. The molecule has 0 bridgehead atoms. The van der Waals surface area contributed by atoms with Gasteiger partial charge in [-0.25, -0.2) is 4.68 Å². The zero-order valence-electron chi connectivity index (χ0n) is 15.8. The monoisotopic (exact) mass is 371 g/mol. The minimum atomic E-state index is -0.176. The van der Waals surface area contributed by atoms with Crippen molar-refractivity contribution in [2.24, 2.45) is 0 Å². The molecule has 0 spiro atoms. The molecular weight excluding hydrogens is 350 g/mol. The second-order valence-electron chi connectivity index (χ2n) is 6.63. The van der Waals surface area contributed by atoms with Crippen LogP contribution in [0.25, 0.3) is 11.5 Å². The molecular formula is C22H21N5O. The van der Waals surface area contributed by atoms with E-state index in [0.29, 0.717) is 23.6 Å². The Balaban J connectivity index is 1.74. The van der Waals surface area contributed by atoms with Gasteiger partial charge in [-0.3, -0.25) is 9.78 Å². The maximum Gasteiger partial charge on any atom is 0.257 e. The zero-order chi connectivity index (χ0) is 19.5. The van der Waals surface area contributed by atoms with E-state index < -0.39 is 0 Å². The average molecular weight is 371 g/mol. The smallest absolute Gasteiger partial charge is 0.257 e. The summed E-state index contributed by atoms with van der Waals surface area (Å²) in [5.41, 5.74) is 4.10. The van der Waals surface area contributed by atoms with Crippen LogP contribution in [0.2, 0.25) is 0 Å². The lowest BCUT2D eigenvalue weighted by Gasteiger charge is -2.11. The molecule has 0 atom stereocenters. The number of hydrogen-bond donors (Lipinski definition) is 1. The van der Waals surface area contributed by atoms with E-state index in [1.54, 1.807) is 6.20 Å². The fraction of sp³-hybridized carbons (Fsp3) is 0.136. The van der Waals surface area contributed by atoms with Crippen molar-refractivity contribution in [2.75, 3.05) is 0 Å². The molecule has 6 nitrogen and oxygen atoms in total. The van der Waals surface area contributed by atoms with Gasteiger partial charge in [-0.15, -0.1) is 0 Å². The van der Waals surface area contributed by atoms with Crippen LogP contribution in [-0.4, -0.2) is 25.2 Å². The summed E-state index contributed by atoms with van der Waals surface area (Å²) < 4.78 is 3.72. The molecule has 0 saturated carbocycles. The van der Waals surface area contributed by atoms with Crippen molar-refractivity contribution in [3.05, 3.63) is 95.7 Å². The first-order valence-electron chi connectivity index (χ1n) is 9.11. The van der Waals surface area contributed by atoms with Gasteiger partial charge in [0.2, 0.25) is 0 Å². The minimum absolute atomic E-state index is 0.176. The summed E-state index contributed by atoms with van der Waals surface area (Å²) in [5, 5.41) is 7.63. The second-order valence-corrected chi connectivity index (χ2v) is 6.63. The van der Waals surface area contributed by atoms with Gasteiger partial charge in [0.05, 0.1) is 23.6 Å². The predicted octanol–water partition coefficient (Wildman–Crippen LogP) is 3.60. The van der Waals surface area contributed by atoms with Gasteiger partial charge in [0.15, 0.2) is 5.82 Å². The third-order valence-corrected chi connectivity index (χ3v) is 4.55. The van der Waals surface area contributed by atoms with E-state index in [4.69, 9.17) is 0 Å². The molecule has 0 radical (unpaired) electrons. The molecule has 3 aromatic heterocycles. The van der Waals surface area contributed by atoms with Crippen LogP contribution in [0.3, 0.4) is 0 Å². The highest BCUT2D eigenvalue weighted by atomic mass is 16.1. The van der Waals surface area contributed by atoms with Gasteiger partial charge < -0.3 is 9.88 Å². The van der Waals surface area contributed by atoms with Gasteiger partial charge in [0, 0.05) is 18.6 Å². The van der Waals surface area contributed by atoms with Crippen molar-refractivity contribution < 1.29 is 4.79 Å². The first kappa shape index (κ1) is 17.7. The van der Waals surface area contributed by atoms with E-state index in [-0.39, 0.29) is 5.91 Å². The number of carbonyl (C=O) groups is 1. The van der Waals surface area contributed by atoms with Crippen LogP contribution in [-0.2, 0) is 6.54 Å². The van der Waals surface area contributed by atoms with Gasteiger partial charge in [-0.2, -0.15) is 5.10 Å². The van der Waals surface area contributed by atoms with E-state index in [9.17, 15) is 4.79 Å². The van der Waals surface area contributed by atoms with Gasteiger partial charge in [-0.1, -0.05) is 23.8 Å². The Bertz CT molecular complexity index is 1080. The fourth-order valence-electron chi connectivity index (χ4n) is 3.12. The fourth-order valence-corrected chi connectivity index (χ4v) is 3.12. The maximum absolute atomic E-state index is 13.0. The summed E-state index contributed by atoms with van der Waals surface area (Å²) in [6, 6.07) is 17.6. The Labute approximate surface area is 163 Å². The highest BCUT2D eigenvalue weighted by molar-refractivity contribution is 5.98. The lowest BCUT2D eigenvalue weighted by atomic mass is 10.2. The summed E-state index contributed by atoms with van der Waals surface area (Å²) in [6.07, 6.45) is 5.54. The second kappa shape index (κ2) is 7.52. The number of carbonyl (C=O) groups excluding carboxylic acids is 1. The molecule has 3 heterocycles. The van der Waals surface area contributed by atoms with Crippen LogP contribution in [0, 0.1) is 13.8 Å². The Morgan fingerprint density at radius 3 is 2.43 bits per heavy atom. The largest absolute Gasteiger partial charge is 0.346 e. The number of nitrogens with one attached hydrogen (secondary N) is 1. The van der Waals surface area contributed by atoms with Crippen LogP contribution < -0.4 is 5.32 Å². The van der Waals surface area contributed by atoms with Crippen LogP contribution >= 0.6 is 0 Å². The molecule has 28 heavy (non-hydrogen) atoms. The molecule has 4 rings (SSSR count). The number of pyridine rings is 1. The highest BCUT2D eigenvalue weighted by Crippen LogP contribution is 2.23. The third-order valence-electron chi connectivity index (χ3n) is 4.55. The Morgan fingerprint density at radius 1 is 1.00 bits per heavy atom. The van der Waals surface area contributed by atoms with Crippen molar-refractivity contribution >= 4 is 5.91 Å². The Kier molecular flexibility index (Phi) is 4.76. The van der Waals surface area contributed by atoms with E-state index in [0.717, 1.165) is 11.4 Å². The minimum Gasteiger partial charge on any atom is -0.346 e. The zero-order valence-corrected chi connectivity index (χ0v) is 15.8. The molecule has 0 saturated heterocycles. The van der Waals surface area contributed by atoms with Crippen LogP contribution in [0.5, 0.6) is 0 Å². The van der Waals surface area contributed by atoms with Gasteiger partial charge in [0.25, 0.3) is 5.91 Å². The number of nitrogens with zero attached hydrogens (tertiary/aromatic N) is 4. The molecule has 1 amide bonds. The first-order chi connectivity index (χ1) is 13.6. The number of benzene rings is 1. The lowest BCUT2D eigenvalue weighted by molar-refractivity contribution is 0.0950. The average Bonchev–Trinajstić information content (AvgIpc) is 3.35. The number of amides is 1. The van der Waals surface area contributed by atoms with E-state index in [2.05, 4.69) is 15.4 Å². The van der Waals surface area contributed by atoms with E-state index in [1.807, 2.05) is 90.1 Å². The van der Waals surface area contributed by atoms with E-state index >= 15 is 0 Å². The summed E-state index contributed by atoms with van der Waals surface area (Å²) >= 11 is 0. The number of aryl methyl sites for hydroxylation is 2. The van der Waals surface area contributed by atoms with Crippen LogP contribution in [0.1, 0.15) is 27.3 Å². The SMILES string of the molecule is Cc1ccc(-n2nc(C)c(C(=O)NCc3ccccn3)c2-n2cccc2)cc1. The number of hydrogen-bond acceptors (Lipinski definition) is 3. The Morgan fingerprint density at radius 2 is 1.75 bits per heavy atom. The normalized spacial score (nSPS) is 10.8. The van der Waals surface area contributed by atoms with E-state index in [1.165, 1.54) is 5.56 Å². The molecule has 1 N–H and O–H groups in total.